The minimum atomic E-state index is -1.46. The fourth-order valence-corrected chi connectivity index (χ4v) is 12.0. The lowest BCUT2D eigenvalue weighted by molar-refractivity contribution is -0.284. The van der Waals surface area contributed by atoms with Gasteiger partial charge in [-0.05, 0) is 106 Å². The van der Waals surface area contributed by atoms with Gasteiger partial charge in [-0.25, -0.2) is 0 Å². The first kappa shape index (κ1) is 37.7. The predicted octanol–water partition coefficient (Wildman–Crippen LogP) is 2.51. The lowest BCUT2D eigenvalue weighted by Crippen LogP contribution is -2.66. The lowest BCUT2D eigenvalue weighted by Gasteiger charge is -2.58. The van der Waals surface area contributed by atoms with Crippen molar-refractivity contribution in [3.8, 4) is 0 Å². The average Bonchev–Trinajstić information content (AvgIpc) is 3.54. The van der Waals surface area contributed by atoms with Crippen LogP contribution < -0.4 is 16.4 Å². The fraction of sp³-hybridized carbons (Fsp3) is 0.897. The van der Waals surface area contributed by atoms with E-state index in [0.29, 0.717) is 35.5 Å². The summed E-state index contributed by atoms with van der Waals surface area (Å²) in [6.45, 7) is 13.0. The molecule has 0 aromatic heterocycles. The number of amides is 2. The minimum Gasteiger partial charge on any atom is -0.394 e. The number of carbonyl (C=O) groups excluding carboxylic acids is 2. The first-order valence-electron chi connectivity index (χ1n) is 19.8. The van der Waals surface area contributed by atoms with Gasteiger partial charge in [0.15, 0.2) is 12.1 Å². The second-order valence-electron chi connectivity index (χ2n) is 18.0. The molecule has 3 heterocycles. The Bertz CT molecular complexity index is 1350. The molecule has 51 heavy (non-hydrogen) atoms. The number of fused-ring (bicyclic) bond motifs is 7. The van der Waals surface area contributed by atoms with E-state index in [1.807, 2.05) is 0 Å². The quantitative estimate of drug-likeness (QED) is 0.214. The van der Waals surface area contributed by atoms with Gasteiger partial charge in [0.25, 0.3) is 0 Å². The van der Waals surface area contributed by atoms with Crippen molar-refractivity contribution in [2.45, 2.75) is 160 Å². The van der Waals surface area contributed by atoms with Crippen LogP contribution in [0.3, 0.4) is 0 Å². The summed E-state index contributed by atoms with van der Waals surface area (Å²) in [6, 6.07) is -2.86. The van der Waals surface area contributed by atoms with Crippen LogP contribution in [0.5, 0.6) is 0 Å². The lowest BCUT2D eigenvalue weighted by atomic mass is 9.47. The Morgan fingerprint density at radius 1 is 1.06 bits per heavy atom. The summed E-state index contributed by atoms with van der Waals surface area (Å²) in [6.07, 6.45) is 6.68. The molecule has 3 saturated heterocycles. The van der Waals surface area contributed by atoms with Crippen LogP contribution in [0.4, 0.5) is 0 Å². The molecule has 0 bridgehead atoms. The van der Waals surface area contributed by atoms with Gasteiger partial charge in [-0.3, -0.25) is 9.59 Å². The Hall–Kier alpha value is -1.64. The van der Waals surface area contributed by atoms with E-state index >= 15 is 0 Å². The highest BCUT2D eigenvalue weighted by Crippen LogP contribution is 2.70. The van der Waals surface area contributed by atoms with E-state index in [0.717, 1.165) is 45.1 Å². The maximum absolute atomic E-state index is 13.1. The number of allylic oxidation sites excluding steroid dienone is 1. The molecule has 0 aromatic rings. The van der Waals surface area contributed by atoms with E-state index in [2.05, 4.69) is 44.4 Å². The second-order valence-corrected chi connectivity index (χ2v) is 18.0. The van der Waals surface area contributed by atoms with Crippen LogP contribution in [0.15, 0.2) is 11.6 Å². The van der Waals surface area contributed by atoms with Gasteiger partial charge in [-0.1, -0.05) is 39.3 Å². The Morgan fingerprint density at radius 2 is 1.82 bits per heavy atom. The van der Waals surface area contributed by atoms with Gasteiger partial charge in [-0.15, -0.1) is 0 Å². The molecule has 7 N–H and O–H groups in total. The van der Waals surface area contributed by atoms with E-state index in [4.69, 9.17) is 24.7 Å². The molecule has 0 aromatic carbocycles. The number of carbonyl (C=O) groups is 2. The first-order valence-corrected chi connectivity index (χ1v) is 19.8. The largest absolute Gasteiger partial charge is 0.394 e. The number of aliphatic hydroxyl groups is 3. The van der Waals surface area contributed by atoms with Crippen molar-refractivity contribution in [1.82, 2.24) is 10.6 Å². The number of hydrogen-bond donors (Lipinski definition) is 6. The molecule has 18 atom stereocenters. The highest BCUT2D eigenvalue weighted by atomic mass is 16.7. The van der Waals surface area contributed by atoms with Crippen LogP contribution in [0.2, 0.25) is 0 Å². The molecule has 288 valence electrons. The second kappa shape index (κ2) is 13.9. The van der Waals surface area contributed by atoms with E-state index in [-0.39, 0.29) is 23.0 Å². The summed E-state index contributed by atoms with van der Waals surface area (Å²) in [5.41, 5.74) is 7.37. The van der Waals surface area contributed by atoms with Gasteiger partial charge in [0.2, 0.25) is 11.8 Å². The van der Waals surface area contributed by atoms with Gasteiger partial charge in [0.1, 0.15) is 30.4 Å². The minimum absolute atomic E-state index is 0.0657. The normalized spacial score (nSPS) is 50.2. The Kier molecular flexibility index (Phi) is 10.3. The molecule has 12 nitrogen and oxygen atoms in total. The standard InChI is InChI=1S/C39H63N3O9/c1-19-9-14-39(48-18-19)20(2)30-28(51-39)16-27-25-8-7-23-15-24(10-12-37(23,5)26(25)11-13-38(27,30)6)49-36-31(33(45)32(44)29(17-43)50-36)42-35(47)22(4)41-34(46)21(3)40/h7,19-22,24-33,36,43-45H,8-18,40H2,1-6H3,(H,41,46)(H,42,47)/t19-,20+,21+,22+,24+,25-,26+,27+,28+,29-,30+,31-,32-,33-,36-,37+,38+,39-/m1/s1. The summed E-state index contributed by atoms with van der Waals surface area (Å²) in [4.78, 5) is 25.2. The fourth-order valence-electron chi connectivity index (χ4n) is 12.0. The number of nitrogens with two attached hydrogens (primary N) is 1. The van der Waals surface area contributed by atoms with E-state index in [1.165, 1.54) is 38.7 Å². The van der Waals surface area contributed by atoms with Crippen molar-refractivity contribution in [3.63, 3.8) is 0 Å². The third kappa shape index (κ3) is 6.31. The van der Waals surface area contributed by atoms with Crippen LogP contribution in [0.1, 0.15) is 99.3 Å². The number of nitrogens with one attached hydrogen (secondary N) is 2. The van der Waals surface area contributed by atoms with Crippen molar-refractivity contribution in [3.05, 3.63) is 11.6 Å². The highest BCUT2D eigenvalue weighted by molar-refractivity contribution is 5.89. The summed E-state index contributed by atoms with van der Waals surface area (Å²) in [5, 5.41) is 36.9. The Labute approximate surface area is 302 Å². The molecule has 12 heteroatoms. The summed E-state index contributed by atoms with van der Waals surface area (Å²) >= 11 is 0. The highest BCUT2D eigenvalue weighted by Gasteiger charge is 2.68. The molecule has 1 spiro atoms. The molecule has 7 aliphatic rings. The third-order valence-electron chi connectivity index (χ3n) is 15.0. The smallest absolute Gasteiger partial charge is 0.242 e. The number of rotatable bonds is 7. The molecular weight excluding hydrogens is 654 g/mol. The number of ether oxygens (including phenoxy) is 4. The van der Waals surface area contributed by atoms with Crippen molar-refractivity contribution >= 4 is 11.8 Å². The van der Waals surface area contributed by atoms with E-state index in [9.17, 15) is 24.9 Å². The maximum atomic E-state index is 13.1. The zero-order valence-electron chi connectivity index (χ0n) is 31.4. The molecule has 7 rings (SSSR count). The predicted molar refractivity (Wildman–Crippen MR) is 188 cm³/mol. The zero-order valence-corrected chi connectivity index (χ0v) is 31.4. The van der Waals surface area contributed by atoms with Crippen LogP contribution in [-0.4, -0.2) is 101 Å². The molecule has 6 fully saturated rings. The first-order chi connectivity index (χ1) is 24.1. The molecule has 2 amide bonds. The van der Waals surface area contributed by atoms with Crippen molar-refractivity contribution in [1.29, 1.82) is 0 Å². The van der Waals surface area contributed by atoms with Crippen molar-refractivity contribution < 1.29 is 43.9 Å². The molecular formula is C39H63N3O9. The van der Waals surface area contributed by atoms with E-state index in [1.54, 1.807) is 0 Å². The zero-order chi connectivity index (χ0) is 36.6. The molecule has 3 aliphatic heterocycles. The Balaban J connectivity index is 1.03. The van der Waals surface area contributed by atoms with Gasteiger partial charge >= 0.3 is 0 Å². The van der Waals surface area contributed by atoms with Crippen LogP contribution in [-0.2, 0) is 28.5 Å². The number of aliphatic hydroxyl groups excluding tert-OH is 3. The van der Waals surface area contributed by atoms with Crippen molar-refractivity contribution in [2.75, 3.05) is 13.2 Å². The van der Waals surface area contributed by atoms with Gasteiger partial charge in [-0.2, -0.15) is 0 Å². The SMILES string of the molecule is C[C@@H]1CC[C@@]2(OC1)O[C@H]1C[C@H]3[C@@H]4CC=C5C[C@@H](O[C@@H]6O[C@H](CO)[C@@H](O)[C@H](O)[C@H]6NC(=O)[C@H](C)NC(=O)[C@H](C)N)CC[C@]5(C)[C@H]4CC[C@]3(C)[C@H]1[C@@H]2C. The number of hydrogen-bond acceptors (Lipinski definition) is 10. The molecule has 0 unspecified atom stereocenters. The van der Waals surface area contributed by atoms with Gasteiger partial charge < -0.3 is 50.6 Å². The summed E-state index contributed by atoms with van der Waals surface area (Å²) in [5.74, 6) is 1.90. The molecule has 3 saturated carbocycles. The monoisotopic (exact) mass is 717 g/mol. The van der Waals surface area contributed by atoms with Crippen LogP contribution in [0.25, 0.3) is 0 Å². The van der Waals surface area contributed by atoms with Gasteiger partial charge in [0.05, 0.1) is 31.5 Å². The Morgan fingerprint density at radius 3 is 2.51 bits per heavy atom. The van der Waals surface area contributed by atoms with E-state index < -0.39 is 66.9 Å². The summed E-state index contributed by atoms with van der Waals surface area (Å²) < 4.78 is 26.0. The third-order valence-corrected chi connectivity index (χ3v) is 15.0. The topological polar surface area (TPSA) is 182 Å². The molecule has 0 radical (unpaired) electrons. The summed E-state index contributed by atoms with van der Waals surface area (Å²) in [7, 11) is 0. The van der Waals surface area contributed by atoms with Crippen LogP contribution >= 0.6 is 0 Å². The maximum Gasteiger partial charge on any atom is 0.242 e. The van der Waals surface area contributed by atoms with Crippen molar-refractivity contribution in [2.24, 2.45) is 52.1 Å². The van der Waals surface area contributed by atoms with Gasteiger partial charge in [0, 0.05) is 12.3 Å². The molecule has 4 aliphatic carbocycles. The average molecular weight is 718 g/mol. The van der Waals surface area contributed by atoms with Crippen LogP contribution in [0, 0.1) is 46.3 Å².